The molecule has 2 saturated carbocycles. The second kappa shape index (κ2) is 7.09. The number of fused-ring (bicyclic) bond motifs is 2. The number of primary sulfonamides is 1. The SMILES string of the molecule is CC(C)CC(C(=O)OCC1C2CCC1C(S(N)(=O)=O)C2)C(C)C. The van der Waals surface area contributed by atoms with Crippen molar-refractivity contribution >= 4 is 16.0 Å². The van der Waals surface area contributed by atoms with E-state index in [2.05, 4.69) is 13.8 Å². The van der Waals surface area contributed by atoms with Gasteiger partial charge in [-0.3, -0.25) is 4.79 Å². The van der Waals surface area contributed by atoms with Crippen LogP contribution < -0.4 is 5.14 Å². The standard InChI is InChI=1S/C17H31NO4S/c1-10(2)7-14(11(3)4)17(19)22-9-15-12-5-6-13(15)16(8-12)23(18,20)21/h10-16H,5-9H2,1-4H3,(H2,18,20,21). The van der Waals surface area contributed by atoms with Crippen LogP contribution >= 0.6 is 0 Å². The maximum absolute atomic E-state index is 12.4. The highest BCUT2D eigenvalue weighted by Gasteiger charge is 2.52. The molecule has 2 aliphatic rings. The Morgan fingerprint density at radius 1 is 1.22 bits per heavy atom. The minimum absolute atomic E-state index is 0.0606. The molecule has 23 heavy (non-hydrogen) atoms. The van der Waals surface area contributed by atoms with E-state index in [9.17, 15) is 13.2 Å². The summed E-state index contributed by atoms with van der Waals surface area (Å²) in [6.45, 7) is 8.66. The van der Waals surface area contributed by atoms with Gasteiger partial charge in [0.25, 0.3) is 0 Å². The molecule has 0 spiro atoms. The lowest BCUT2D eigenvalue weighted by molar-refractivity contribution is -0.152. The van der Waals surface area contributed by atoms with Gasteiger partial charge in [-0.05, 0) is 49.4 Å². The largest absolute Gasteiger partial charge is 0.465 e. The normalized spacial score (nSPS) is 31.8. The van der Waals surface area contributed by atoms with Crippen molar-refractivity contribution in [2.75, 3.05) is 6.61 Å². The molecule has 2 N–H and O–H groups in total. The first kappa shape index (κ1) is 18.7. The molecule has 5 nitrogen and oxygen atoms in total. The van der Waals surface area contributed by atoms with Crippen LogP contribution in [-0.4, -0.2) is 26.2 Å². The van der Waals surface area contributed by atoms with Crippen molar-refractivity contribution in [3.8, 4) is 0 Å². The maximum atomic E-state index is 12.4. The summed E-state index contributed by atoms with van der Waals surface area (Å²) < 4.78 is 29.0. The summed E-state index contributed by atoms with van der Waals surface area (Å²) >= 11 is 0. The average molecular weight is 346 g/mol. The first-order valence-corrected chi connectivity index (χ1v) is 10.4. The molecule has 2 fully saturated rings. The Labute approximate surface area is 140 Å². The molecule has 0 aliphatic heterocycles. The predicted molar refractivity (Wildman–Crippen MR) is 90.0 cm³/mol. The average Bonchev–Trinajstić information content (AvgIpc) is 2.98. The number of sulfonamides is 1. The fraction of sp³-hybridized carbons (Fsp3) is 0.941. The molecule has 134 valence electrons. The lowest BCUT2D eigenvalue weighted by Gasteiger charge is -2.23. The van der Waals surface area contributed by atoms with E-state index in [1.54, 1.807) is 0 Å². The molecule has 5 unspecified atom stereocenters. The van der Waals surface area contributed by atoms with Crippen LogP contribution in [0.1, 0.15) is 53.4 Å². The number of carbonyl (C=O) groups excluding carboxylic acids is 1. The van der Waals surface area contributed by atoms with Gasteiger partial charge in [0, 0.05) is 5.92 Å². The summed E-state index contributed by atoms with van der Waals surface area (Å²) in [5, 5.41) is 4.91. The van der Waals surface area contributed by atoms with Gasteiger partial charge in [-0.1, -0.05) is 27.7 Å². The van der Waals surface area contributed by atoms with E-state index in [1.165, 1.54) is 0 Å². The molecule has 5 atom stereocenters. The maximum Gasteiger partial charge on any atom is 0.309 e. The monoisotopic (exact) mass is 345 g/mol. The summed E-state index contributed by atoms with van der Waals surface area (Å²) in [7, 11) is -3.49. The van der Waals surface area contributed by atoms with Crippen molar-refractivity contribution in [2.45, 2.75) is 58.6 Å². The Hall–Kier alpha value is -0.620. The Bertz CT molecular complexity index is 529. The van der Waals surface area contributed by atoms with Gasteiger partial charge in [-0.2, -0.15) is 0 Å². The number of esters is 1. The molecule has 2 aliphatic carbocycles. The van der Waals surface area contributed by atoms with Crippen LogP contribution in [0.3, 0.4) is 0 Å². The number of ether oxygens (including phenoxy) is 1. The van der Waals surface area contributed by atoms with Gasteiger partial charge in [0.1, 0.15) is 0 Å². The zero-order valence-electron chi connectivity index (χ0n) is 14.7. The summed E-state index contributed by atoms with van der Waals surface area (Å²) in [5.41, 5.74) is 0. The molecule has 0 radical (unpaired) electrons. The van der Waals surface area contributed by atoms with Gasteiger partial charge in [-0.15, -0.1) is 0 Å². The van der Waals surface area contributed by atoms with E-state index >= 15 is 0 Å². The third kappa shape index (κ3) is 4.27. The van der Waals surface area contributed by atoms with Crippen LogP contribution in [-0.2, 0) is 19.6 Å². The van der Waals surface area contributed by atoms with Crippen LogP contribution in [0, 0.1) is 35.5 Å². The zero-order valence-corrected chi connectivity index (χ0v) is 15.5. The van der Waals surface area contributed by atoms with Crippen molar-refractivity contribution in [1.82, 2.24) is 0 Å². The molecule has 0 aromatic heterocycles. The van der Waals surface area contributed by atoms with Crippen LogP contribution in [0.5, 0.6) is 0 Å². The number of hydrogen-bond donors (Lipinski definition) is 1. The van der Waals surface area contributed by atoms with Gasteiger partial charge in [0.15, 0.2) is 0 Å². The fourth-order valence-electron chi connectivity index (χ4n) is 4.48. The Kier molecular flexibility index (Phi) is 5.77. The molecule has 0 heterocycles. The van der Waals surface area contributed by atoms with Crippen molar-refractivity contribution < 1.29 is 17.9 Å². The summed E-state index contributed by atoms with van der Waals surface area (Å²) in [5.74, 6) is 1.04. The highest BCUT2D eigenvalue weighted by atomic mass is 32.2. The van der Waals surface area contributed by atoms with Gasteiger partial charge in [0.2, 0.25) is 10.0 Å². The van der Waals surface area contributed by atoms with E-state index < -0.39 is 15.3 Å². The first-order valence-electron chi connectivity index (χ1n) is 8.79. The van der Waals surface area contributed by atoms with E-state index in [0.717, 1.165) is 19.3 Å². The highest BCUT2D eigenvalue weighted by Crippen LogP contribution is 2.51. The van der Waals surface area contributed by atoms with E-state index in [4.69, 9.17) is 9.88 Å². The van der Waals surface area contributed by atoms with Crippen LogP contribution in [0.15, 0.2) is 0 Å². The molecule has 0 saturated heterocycles. The molecular weight excluding hydrogens is 314 g/mol. The molecule has 2 bridgehead atoms. The molecular formula is C17H31NO4S. The van der Waals surface area contributed by atoms with Gasteiger partial charge < -0.3 is 4.74 Å². The first-order chi connectivity index (χ1) is 10.6. The number of hydrogen-bond acceptors (Lipinski definition) is 4. The second-order valence-corrected chi connectivity index (χ2v) is 9.92. The predicted octanol–water partition coefficient (Wildman–Crippen LogP) is 2.55. The third-order valence-electron chi connectivity index (χ3n) is 5.71. The Morgan fingerprint density at radius 3 is 2.35 bits per heavy atom. The number of carbonyl (C=O) groups is 1. The van der Waals surface area contributed by atoms with Crippen molar-refractivity contribution in [3.63, 3.8) is 0 Å². The Balaban J connectivity index is 1.94. The second-order valence-electron chi connectivity index (χ2n) is 8.14. The topological polar surface area (TPSA) is 86.5 Å². The van der Waals surface area contributed by atoms with E-state index in [-0.39, 0.29) is 29.6 Å². The highest BCUT2D eigenvalue weighted by molar-refractivity contribution is 7.89. The van der Waals surface area contributed by atoms with Gasteiger partial charge in [-0.25, -0.2) is 13.6 Å². The molecule has 6 heteroatoms. The lowest BCUT2D eigenvalue weighted by atomic mass is 9.87. The molecule has 2 rings (SSSR count). The van der Waals surface area contributed by atoms with E-state index in [0.29, 0.717) is 24.9 Å². The van der Waals surface area contributed by atoms with Crippen molar-refractivity contribution in [2.24, 2.45) is 40.6 Å². The molecule has 0 aromatic carbocycles. The summed E-state index contributed by atoms with van der Waals surface area (Å²) in [6, 6.07) is 0. The lowest BCUT2D eigenvalue weighted by Crippen LogP contribution is -2.34. The quantitative estimate of drug-likeness (QED) is 0.718. The van der Waals surface area contributed by atoms with Crippen LogP contribution in [0.4, 0.5) is 0 Å². The smallest absolute Gasteiger partial charge is 0.309 e. The molecule has 0 amide bonds. The number of nitrogens with two attached hydrogens (primary N) is 1. The zero-order chi connectivity index (χ0) is 17.4. The minimum Gasteiger partial charge on any atom is -0.465 e. The third-order valence-corrected chi connectivity index (χ3v) is 7.10. The molecule has 0 aromatic rings. The number of rotatable bonds is 7. The fourth-order valence-corrected chi connectivity index (χ4v) is 5.82. The Morgan fingerprint density at radius 2 is 1.87 bits per heavy atom. The minimum atomic E-state index is -3.49. The van der Waals surface area contributed by atoms with Gasteiger partial charge in [0.05, 0.1) is 17.8 Å². The van der Waals surface area contributed by atoms with Crippen molar-refractivity contribution in [1.29, 1.82) is 0 Å². The van der Waals surface area contributed by atoms with Crippen molar-refractivity contribution in [3.05, 3.63) is 0 Å². The summed E-state index contributed by atoms with van der Waals surface area (Å²) in [6.07, 6.45) is 3.37. The van der Waals surface area contributed by atoms with Gasteiger partial charge >= 0.3 is 5.97 Å². The van der Waals surface area contributed by atoms with Crippen LogP contribution in [0.25, 0.3) is 0 Å². The van der Waals surface area contributed by atoms with E-state index in [1.807, 2.05) is 13.8 Å². The summed E-state index contributed by atoms with van der Waals surface area (Å²) in [4.78, 5) is 12.4. The van der Waals surface area contributed by atoms with Crippen LogP contribution in [0.2, 0.25) is 0 Å².